The van der Waals surface area contributed by atoms with E-state index in [9.17, 15) is 0 Å². The molecule has 3 nitrogen and oxygen atoms in total. The molecule has 2 rings (SSSR count). The van der Waals surface area contributed by atoms with Crippen molar-refractivity contribution in [2.75, 3.05) is 13.2 Å². The minimum Gasteiger partial charge on any atom is -0.490 e. The SMILES string of the molecule is C#CCCCCc1ncccc1OC[C@@H]1CCN1.Cl.Cl. The van der Waals surface area contributed by atoms with Crippen molar-refractivity contribution in [1.82, 2.24) is 10.3 Å². The van der Waals surface area contributed by atoms with Crippen LogP contribution in [0.3, 0.4) is 0 Å². The van der Waals surface area contributed by atoms with Crippen molar-refractivity contribution < 1.29 is 4.74 Å². The third kappa shape index (κ3) is 6.00. The highest BCUT2D eigenvalue weighted by atomic mass is 35.5. The number of hydrogen-bond donors (Lipinski definition) is 1. The lowest BCUT2D eigenvalue weighted by molar-refractivity contribution is 0.215. The quantitative estimate of drug-likeness (QED) is 0.620. The van der Waals surface area contributed by atoms with Crippen LogP contribution >= 0.6 is 24.8 Å². The van der Waals surface area contributed by atoms with E-state index in [1.54, 1.807) is 0 Å². The lowest BCUT2D eigenvalue weighted by Crippen LogP contribution is -2.46. The molecule has 0 amide bonds. The number of pyridine rings is 1. The largest absolute Gasteiger partial charge is 0.490 e. The first-order chi connectivity index (χ1) is 8.90. The highest BCUT2D eigenvalue weighted by Crippen LogP contribution is 2.19. The van der Waals surface area contributed by atoms with Crippen molar-refractivity contribution in [1.29, 1.82) is 0 Å². The van der Waals surface area contributed by atoms with E-state index in [4.69, 9.17) is 11.2 Å². The van der Waals surface area contributed by atoms with Gasteiger partial charge in [-0.3, -0.25) is 4.98 Å². The number of nitrogens with one attached hydrogen (secondary N) is 1. The van der Waals surface area contributed by atoms with Gasteiger partial charge in [-0.2, -0.15) is 0 Å². The Balaban J connectivity index is 0.00000180. The van der Waals surface area contributed by atoms with E-state index in [1.807, 2.05) is 18.3 Å². The van der Waals surface area contributed by atoms with Crippen molar-refractivity contribution in [2.45, 2.75) is 38.1 Å². The summed E-state index contributed by atoms with van der Waals surface area (Å²) in [4.78, 5) is 4.40. The van der Waals surface area contributed by atoms with Gasteiger partial charge in [0.25, 0.3) is 0 Å². The average molecular weight is 317 g/mol. The molecule has 1 atom stereocenters. The molecule has 0 unspecified atom stereocenters. The van der Waals surface area contributed by atoms with E-state index in [2.05, 4.69) is 16.2 Å². The van der Waals surface area contributed by atoms with E-state index in [-0.39, 0.29) is 24.8 Å². The van der Waals surface area contributed by atoms with Crippen LogP contribution in [0.4, 0.5) is 0 Å². The van der Waals surface area contributed by atoms with Crippen molar-refractivity contribution >= 4 is 24.8 Å². The molecule has 1 aliphatic heterocycles. The van der Waals surface area contributed by atoms with E-state index in [0.717, 1.165) is 50.3 Å². The molecule has 1 aromatic rings. The maximum Gasteiger partial charge on any atom is 0.140 e. The van der Waals surface area contributed by atoms with Gasteiger partial charge in [0.1, 0.15) is 12.4 Å². The molecular weight excluding hydrogens is 295 g/mol. The van der Waals surface area contributed by atoms with Gasteiger partial charge in [-0.15, -0.1) is 37.2 Å². The third-order valence-electron chi connectivity index (χ3n) is 3.20. The van der Waals surface area contributed by atoms with Crippen molar-refractivity contribution in [3.63, 3.8) is 0 Å². The number of ether oxygens (including phenoxy) is 1. The summed E-state index contributed by atoms with van der Waals surface area (Å²) in [5, 5.41) is 3.33. The van der Waals surface area contributed by atoms with Gasteiger partial charge in [0, 0.05) is 18.7 Å². The molecule has 0 aliphatic carbocycles. The van der Waals surface area contributed by atoms with Crippen molar-refractivity contribution in [3.8, 4) is 18.1 Å². The molecule has 1 aliphatic rings. The summed E-state index contributed by atoms with van der Waals surface area (Å²) >= 11 is 0. The van der Waals surface area contributed by atoms with E-state index in [1.165, 1.54) is 6.42 Å². The maximum atomic E-state index is 5.83. The fourth-order valence-electron chi connectivity index (χ4n) is 1.94. The molecule has 1 N–H and O–H groups in total. The van der Waals surface area contributed by atoms with Crippen LogP contribution in [-0.2, 0) is 6.42 Å². The number of halogens is 2. The predicted octanol–water partition coefficient (Wildman–Crippen LogP) is 3.01. The zero-order valence-corrected chi connectivity index (χ0v) is 13.1. The molecule has 0 spiro atoms. The summed E-state index contributed by atoms with van der Waals surface area (Å²) in [6.07, 6.45) is 12.2. The van der Waals surface area contributed by atoms with Crippen LogP contribution < -0.4 is 10.1 Å². The number of nitrogens with zero attached hydrogens (tertiary/aromatic N) is 1. The molecule has 112 valence electrons. The Morgan fingerprint density at radius 3 is 2.85 bits per heavy atom. The fourth-order valence-corrected chi connectivity index (χ4v) is 1.94. The van der Waals surface area contributed by atoms with E-state index >= 15 is 0 Å². The maximum absolute atomic E-state index is 5.83. The first kappa shape index (κ1) is 19.1. The van der Waals surface area contributed by atoms with Gasteiger partial charge in [-0.1, -0.05) is 0 Å². The van der Waals surface area contributed by atoms with Gasteiger partial charge in [0.05, 0.1) is 5.69 Å². The van der Waals surface area contributed by atoms with Gasteiger partial charge < -0.3 is 10.1 Å². The summed E-state index contributed by atoms with van der Waals surface area (Å²) in [5.41, 5.74) is 1.05. The number of aromatic nitrogens is 1. The number of hydrogen-bond acceptors (Lipinski definition) is 3. The van der Waals surface area contributed by atoms with Crippen LogP contribution in [0.25, 0.3) is 0 Å². The van der Waals surface area contributed by atoms with Crippen LogP contribution in [0.1, 0.15) is 31.4 Å². The number of aryl methyl sites for hydroxylation is 1. The highest BCUT2D eigenvalue weighted by molar-refractivity contribution is 5.85. The Kier molecular flexibility index (Phi) is 10.3. The smallest absolute Gasteiger partial charge is 0.140 e. The molecular formula is C15H22Cl2N2O. The Bertz CT molecular complexity index is 417. The van der Waals surface area contributed by atoms with Crippen LogP contribution in [0.15, 0.2) is 18.3 Å². The topological polar surface area (TPSA) is 34.1 Å². The van der Waals surface area contributed by atoms with E-state index < -0.39 is 0 Å². The molecule has 1 aromatic heterocycles. The average Bonchev–Trinajstić information content (AvgIpc) is 2.34. The molecule has 20 heavy (non-hydrogen) atoms. The minimum absolute atomic E-state index is 0. The second-order valence-corrected chi connectivity index (χ2v) is 4.61. The van der Waals surface area contributed by atoms with Gasteiger partial charge in [0.15, 0.2) is 0 Å². The summed E-state index contributed by atoms with van der Waals surface area (Å²) < 4.78 is 5.83. The lowest BCUT2D eigenvalue weighted by atomic mass is 10.1. The number of terminal acetylenes is 1. The Hall–Kier alpha value is -0.950. The van der Waals surface area contributed by atoms with Gasteiger partial charge in [0.2, 0.25) is 0 Å². The molecule has 0 aromatic carbocycles. The molecule has 1 saturated heterocycles. The van der Waals surface area contributed by atoms with Crippen molar-refractivity contribution in [2.24, 2.45) is 0 Å². The van der Waals surface area contributed by atoms with Gasteiger partial charge in [-0.25, -0.2) is 0 Å². The summed E-state index contributed by atoms with van der Waals surface area (Å²) in [6, 6.07) is 4.44. The number of rotatable bonds is 7. The predicted molar refractivity (Wildman–Crippen MR) is 87.0 cm³/mol. The number of unbranched alkanes of at least 4 members (excludes halogenated alkanes) is 2. The Morgan fingerprint density at radius 1 is 1.40 bits per heavy atom. The van der Waals surface area contributed by atoms with E-state index in [0.29, 0.717) is 6.04 Å². The van der Waals surface area contributed by atoms with Crippen LogP contribution in [-0.4, -0.2) is 24.2 Å². The first-order valence-electron chi connectivity index (χ1n) is 6.63. The van der Waals surface area contributed by atoms with Gasteiger partial charge >= 0.3 is 0 Å². The summed E-state index contributed by atoms with van der Waals surface area (Å²) in [6.45, 7) is 1.85. The zero-order valence-electron chi connectivity index (χ0n) is 11.5. The van der Waals surface area contributed by atoms with Crippen LogP contribution in [0, 0.1) is 12.3 Å². The highest BCUT2D eigenvalue weighted by Gasteiger charge is 2.17. The minimum atomic E-state index is 0. The standard InChI is InChI=1S/C15H20N2O.2ClH/c1-2-3-4-5-7-14-15(8-6-10-17-14)18-12-13-9-11-16-13;;/h1,6,8,10,13,16H,3-5,7,9,11-12H2;2*1H/t13-;;/m0../s1. The second-order valence-electron chi connectivity index (χ2n) is 4.61. The molecule has 2 heterocycles. The molecule has 0 saturated carbocycles. The Labute approximate surface area is 133 Å². The Morgan fingerprint density at radius 2 is 2.20 bits per heavy atom. The summed E-state index contributed by atoms with van der Waals surface area (Å²) in [7, 11) is 0. The summed E-state index contributed by atoms with van der Waals surface area (Å²) in [5.74, 6) is 3.59. The van der Waals surface area contributed by atoms with Crippen LogP contribution in [0.5, 0.6) is 5.75 Å². The second kappa shape index (κ2) is 10.8. The van der Waals surface area contributed by atoms with Crippen LogP contribution in [0.2, 0.25) is 0 Å². The fraction of sp³-hybridized carbons (Fsp3) is 0.533. The first-order valence-corrected chi connectivity index (χ1v) is 6.63. The third-order valence-corrected chi connectivity index (χ3v) is 3.20. The molecule has 5 heteroatoms. The van der Waals surface area contributed by atoms with Gasteiger partial charge in [-0.05, 0) is 44.4 Å². The molecule has 0 bridgehead atoms. The molecule has 1 fully saturated rings. The monoisotopic (exact) mass is 316 g/mol. The normalized spacial score (nSPS) is 16.1. The zero-order chi connectivity index (χ0) is 12.6. The molecule has 0 radical (unpaired) electrons. The van der Waals surface area contributed by atoms with Crippen molar-refractivity contribution in [3.05, 3.63) is 24.0 Å². The lowest BCUT2D eigenvalue weighted by Gasteiger charge is -2.27.